The zero-order valence-electron chi connectivity index (χ0n) is 11.5. The van der Waals surface area contributed by atoms with Gasteiger partial charge in [-0.25, -0.2) is 4.79 Å². The number of ether oxygens (including phenoxy) is 1. The highest BCUT2D eigenvalue weighted by Gasteiger charge is 2.20. The molecule has 3 heteroatoms. The lowest BCUT2D eigenvalue weighted by molar-refractivity contribution is 0.0694. The van der Waals surface area contributed by atoms with Gasteiger partial charge in [-0.3, -0.25) is 0 Å². The number of hydrogen-bond acceptors (Lipinski definition) is 2. The fourth-order valence-corrected chi connectivity index (χ4v) is 2.60. The number of aromatic carboxylic acids is 1. The van der Waals surface area contributed by atoms with Crippen LogP contribution >= 0.6 is 0 Å². The van der Waals surface area contributed by atoms with Gasteiger partial charge in [-0.1, -0.05) is 54.6 Å². The van der Waals surface area contributed by atoms with Crippen LogP contribution in [0.15, 0.2) is 60.7 Å². The van der Waals surface area contributed by atoms with Gasteiger partial charge in [0.25, 0.3) is 0 Å². The average molecular weight is 278 g/mol. The second-order valence-electron chi connectivity index (χ2n) is 4.72. The lowest BCUT2D eigenvalue weighted by Crippen LogP contribution is -2.04. The molecule has 0 heterocycles. The van der Waals surface area contributed by atoms with Gasteiger partial charge in [0.1, 0.15) is 11.3 Å². The van der Waals surface area contributed by atoms with Gasteiger partial charge in [-0.2, -0.15) is 0 Å². The van der Waals surface area contributed by atoms with Crippen LogP contribution in [0.3, 0.4) is 0 Å². The third kappa shape index (κ3) is 2.23. The summed E-state index contributed by atoms with van der Waals surface area (Å²) in [7, 11) is 1.49. The van der Waals surface area contributed by atoms with E-state index in [1.807, 2.05) is 54.6 Å². The summed E-state index contributed by atoms with van der Waals surface area (Å²) in [6, 6.07) is 19.0. The Morgan fingerprint density at radius 2 is 1.67 bits per heavy atom. The Labute approximate surface area is 122 Å². The Hall–Kier alpha value is -2.81. The molecule has 0 spiro atoms. The van der Waals surface area contributed by atoms with Gasteiger partial charge < -0.3 is 9.84 Å². The first-order valence-electron chi connectivity index (χ1n) is 6.61. The largest absolute Gasteiger partial charge is 0.496 e. The molecule has 0 amide bonds. The monoisotopic (exact) mass is 278 g/mol. The molecular formula is C18H14O3. The van der Waals surface area contributed by atoms with E-state index in [9.17, 15) is 9.90 Å². The molecule has 0 aromatic heterocycles. The molecule has 0 unspecified atom stereocenters. The number of methoxy groups -OCH3 is 1. The Kier molecular flexibility index (Phi) is 3.32. The van der Waals surface area contributed by atoms with E-state index in [2.05, 4.69) is 0 Å². The van der Waals surface area contributed by atoms with Gasteiger partial charge in [-0.15, -0.1) is 0 Å². The van der Waals surface area contributed by atoms with Crippen molar-refractivity contribution in [1.82, 2.24) is 0 Å². The van der Waals surface area contributed by atoms with Crippen LogP contribution in [0.1, 0.15) is 10.4 Å². The van der Waals surface area contributed by atoms with E-state index in [0.29, 0.717) is 11.3 Å². The van der Waals surface area contributed by atoms with Gasteiger partial charge in [0, 0.05) is 5.56 Å². The van der Waals surface area contributed by atoms with Crippen molar-refractivity contribution in [2.45, 2.75) is 0 Å². The van der Waals surface area contributed by atoms with Crippen molar-refractivity contribution in [1.29, 1.82) is 0 Å². The molecule has 0 aliphatic carbocycles. The fraction of sp³-hybridized carbons (Fsp3) is 0.0556. The van der Waals surface area contributed by atoms with Crippen LogP contribution in [0.25, 0.3) is 21.9 Å². The first-order chi connectivity index (χ1) is 10.2. The Morgan fingerprint density at radius 3 is 2.33 bits per heavy atom. The molecule has 3 nitrogen and oxygen atoms in total. The van der Waals surface area contributed by atoms with Crippen molar-refractivity contribution in [3.05, 3.63) is 66.2 Å². The van der Waals surface area contributed by atoms with E-state index < -0.39 is 5.97 Å². The van der Waals surface area contributed by atoms with Crippen LogP contribution in [0, 0.1) is 0 Å². The number of carboxylic acids is 1. The molecule has 0 radical (unpaired) electrons. The zero-order valence-corrected chi connectivity index (χ0v) is 11.5. The third-order valence-electron chi connectivity index (χ3n) is 3.51. The lowest BCUT2D eigenvalue weighted by atomic mass is 9.92. The smallest absolute Gasteiger partial charge is 0.340 e. The average Bonchev–Trinajstić information content (AvgIpc) is 2.53. The molecule has 0 aliphatic rings. The Morgan fingerprint density at radius 1 is 1.00 bits per heavy atom. The maximum atomic E-state index is 11.7. The maximum absolute atomic E-state index is 11.7. The normalized spacial score (nSPS) is 10.5. The van der Waals surface area contributed by atoms with Crippen molar-refractivity contribution in [3.8, 4) is 16.9 Å². The van der Waals surface area contributed by atoms with E-state index in [1.165, 1.54) is 7.11 Å². The molecule has 3 aromatic rings. The van der Waals surface area contributed by atoms with Crippen LogP contribution in [-0.4, -0.2) is 18.2 Å². The predicted molar refractivity (Wildman–Crippen MR) is 82.9 cm³/mol. The van der Waals surface area contributed by atoms with E-state index in [0.717, 1.165) is 16.3 Å². The van der Waals surface area contributed by atoms with Crippen LogP contribution < -0.4 is 4.74 Å². The molecule has 1 N–H and O–H groups in total. The first-order valence-corrected chi connectivity index (χ1v) is 6.61. The molecule has 0 saturated carbocycles. The van der Waals surface area contributed by atoms with Crippen molar-refractivity contribution in [2.24, 2.45) is 0 Å². The van der Waals surface area contributed by atoms with Gasteiger partial charge in [0.05, 0.1) is 7.11 Å². The van der Waals surface area contributed by atoms with Crippen LogP contribution in [0.4, 0.5) is 0 Å². The fourth-order valence-electron chi connectivity index (χ4n) is 2.60. The highest BCUT2D eigenvalue weighted by Crippen LogP contribution is 2.37. The molecule has 0 atom stereocenters. The quantitative estimate of drug-likeness (QED) is 0.780. The molecule has 0 fully saturated rings. The molecule has 3 aromatic carbocycles. The number of carboxylic acid groups (broad SMARTS) is 1. The number of hydrogen-bond donors (Lipinski definition) is 1. The number of fused-ring (bicyclic) bond motifs is 1. The summed E-state index contributed by atoms with van der Waals surface area (Å²) < 4.78 is 5.30. The topological polar surface area (TPSA) is 46.5 Å². The summed E-state index contributed by atoms with van der Waals surface area (Å²) in [5, 5.41) is 11.5. The van der Waals surface area contributed by atoms with Gasteiger partial charge in [-0.05, 0) is 22.4 Å². The highest BCUT2D eigenvalue weighted by molar-refractivity contribution is 6.10. The molecule has 0 aliphatic heterocycles. The summed E-state index contributed by atoms with van der Waals surface area (Å²) in [4.78, 5) is 11.7. The molecule has 21 heavy (non-hydrogen) atoms. The summed E-state index contributed by atoms with van der Waals surface area (Å²) in [5.74, 6) is -0.614. The summed E-state index contributed by atoms with van der Waals surface area (Å²) in [6.45, 7) is 0. The summed E-state index contributed by atoms with van der Waals surface area (Å²) >= 11 is 0. The van der Waals surface area contributed by atoms with Crippen molar-refractivity contribution in [3.63, 3.8) is 0 Å². The number of carbonyl (C=O) groups is 1. The van der Waals surface area contributed by atoms with Crippen molar-refractivity contribution < 1.29 is 14.6 Å². The minimum Gasteiger partial charge on any atom is -0.496 e. The lowest BCUT2D eigenvalue weighted by Gasteiger charge is -2.14. The molecule has 104 valence electrons. The third-order valence-corrected chi connectivity index (χ3v) is 3.51. The van der Waals surface area contributed by atoms with Gasteiger partial charge >= 0.3 is 5.97 Å². The van der Waals surface area contributed by atoms with Crippen LogP contribution in [0.5, 0.6) is 5.75 Å². The second-order valence-corrected chi connectivity index (χ2v) is 4.72. The van der Waals surface area contributed by atoms with Crippen LogP contribution in [-0.2, 0) is 0 Å². The van der Waals surface area contributed by atoms with E-state index in [1.54, 1.807) is 6.07 Å². The maximum Gasteiger partial charge on any atom is 0.340 e. The predicted octanol–water partition coefficient (Wildman–Crippen LogP) is 4.21. The molecular weight excluding hydrogens is 264 g/mol. The van der Waals surface area contributed by atoms with Crippen molar-refractivity contribution in [2.75, 3.05) is 7.11 Å². The minimum atomic E-state index is -0.989. The Bertz CT molecular complexity index is 807. The van der Waals surface area contributed by atoms with Crippen molar-refractivity contribution >= 4 is 16.7 Å². The van der Waals surface area contributed by atoms with Crippen LogP contribution in [0.2, 0.25) is 0 Å². The standard InChI is InChI=1S/C18H14O3/c1-21-15-11-13-9-5-6-10-14(13)16(17(15)18(19)20)12-7-3-2-4-8-12/h2-11H,1H3,(H,19,20). The molecule has 0 bridgehead atoms. The first kappa shape index (κ1) is 13.2. The minimum absolute atomic E-state index is 0.197. The number of benzene rings is 3. The van der Waals surface area contributed by atoms with Gasteiger partial charge in [0.15, 0.2) is 0 Å². The van der Waals surface area contributed by atoms with E-state index >= 15 is 0 Å². The van der Waals surface area contributed by atoms with Gasteiger partial charge in [0.2, 0.25) is 0 Å². The summed E-state index contributed by atoms with van der Waals surface area (Å²) in [5.41, 5.74) is 1.76. The molecule has 3 rings (SSSR count). The summed E-state index contributed by atoms with van der Waals surface area (Å²) in [6.07, 6.45) is 0. The highest BCUT2D eigenvalue weighted by atomic mass is 16.5. The number of rotatable bonds is 3. The van der Waals surface area contributed by atoms with E-state index in [-0.39, 0.29) is 5.56 Å². The Balaban J connectivity index is 2.48. The zero-order chi connectivity index (χ0) is 14.8. The van der Waals surface area contributed by atoms with E-state index in [4.69, 9.17) is 4.74 Å². The SMILES string of the molecule is COc1cc2ccccc2c(-c2ccccc2)c1C(=O)O. The second kappa shape index (κ2) is 5.29. The molecule has 0 saturated heterocycles.